The van der Waals surface area contributed by atoms with E-state index in [9.17, 15) is 5.26 Å². The molecule has 0 saturated heterocycles. The van der Waals surface area contributed by atoms with E-state index in [1.165, 1.54) is 4.88 Å². The molecule has 3 rings (SSSR count). The molecule has 0 N–H and O–H groups in total. The van der Waals surface area contributed by atoms with Gasteiger partial charge in [0, 0.05) is 17.3 Å². The third kappa shape index (κ3) is 2.36. The zero-order chi connectivity index (χ0) is 13.9. The first-order valence-corrected chi connectivity index (χ1v) is 7.19. The number of para-hydroxylation sites is 1. The SMILES string of the molecule is CN(Cc1cccs1)c1nc2ccccc2cc1C#N. The molecular weight excluding hydrogens is 266 g/mol. The Hall–Kier alpha value is -2.38. The van der Waals surface area contributed by atoms with E-state index in [-0.39, 0.29) is 0 Å². The van der Waals surface area contributed by atoms with Crippen LogP contribution >= 0.6 is 11.3 Å². The molecule has 0 unspecified atom stereocenters. The van der Waals surface area contributed by atoms with Crippen molar-refractivity contribution in [3.05, 3.63) is 58.3 Å². The highest BCUT2D eigenvalue weighted by Gasteiger charge is 2.11. The van der Waals surface area contributed by atoms with Gasteiger partial charge in [0.1, 0.15) is 11.9 Å². The Morgan fingerprint density at radius 3 is 2.85 bits per heavy atom. The average Bonchev–Trinajstić information content (AvgIpc) is 2.98. The van der Waals surface area contributed by atoms with E-state index < -0.39 is 0 Å². The normalized spacial score (nSPS) is 10.4. The molecule has 4 heteroatoms. The zero-order valence-electron chi connectivity index (χ0n) is 11.1. The molecule has 2 aromatic heterocycles. The second-order valence-electron chi connectivity index (χ2n) is 4.60. The molecule has 0 radical (unpaired) electrons. The van der Waals surface area contributed by atoms with E-state index in [4.69, 9.17) is 0 Å². The Labute approximate surface area is 121 Å². The smallest absolute Gasteiger partial charge is 0.147 e. The van der Waals surface area contributed by atoms with Crippen LogP contribution in [0.15, 0.2) is 47.8 Å². The number of hydrogen-bond acceptors (Lipinski definition) is 4. The zero-order valence-corrected chi connectivity index (χ0v) is 11.9. The van der Waals surface area contributed by atoms with Crippen LogP contribution in [0.2, 0.25) is 0 Å². The number of rotatable bonds is 3. The maximum absolute atomic E-state index is 9.34. The van der Waals surface area contributed by atoms with Crippen molar-refractivity contribution < 1.29 is 0 Å². The summed E-state index contributed by atoms with van der Waals surface area (Å²) in [6.07, 6.45) is 0. The van der Waals surface area contributed by atoms with Crippen LogP contribution in [-0.4, -0.2) is 12.0 Å². The van der Waals surface area contributed by atoms with Crippen LogP contribution < -0.4 is 4.90 Å². The molecule has 3 nitrogen and oxygen atoms in total. The van der Waals surface area contributed by atoms with E-state index in [0.29, 0.717) is 5.56 Å². The van der Waals surface area contributed by atoms with E-state index in [2.05, 4.69) is 22.5 Å². The Morgan fingerprint density at radius 2 is 2.10 bits per heavy atom. The van der Waals surface area contributed by atoms with Crippen molar-refractivity contribution in [2.24, 2.45) is 0 Å². The largest absolute Gasteiger partial charge is 0.353 e. The van der Waals surface area contributed by atoms with Crippen molar-refractivity contribution in [2.45, 2.75) is 6.54 Å². The quantitative estimate of drug-likeness (QED) is 0.732. The summed E-state index contributed by atoms with van der Waals surface area (Å²) in [5.74, 6) is 0.736. The number of thiophene rings is 1. The van der Waals surface area contributed by atoms with Gasteiger partial charge in [-0.05, 0) is 23.6 Å². The van der Waals surface area contributed by atoms with Crippen LogP contribution in [0.1, 0.15) is 10.4 Å². The van der Waals surface area contributed by atoms with Gasteiger partial charge in [-0.15, -0.1) is 11.3 Å². The molecule has 0 fully saturated rings. The molecule has 3 aromatic rings. The molecular formula is C16H13N3S. The minimum absolute atomic E-state index is 0.614. The van der Waals surface area contributed by atoms with E-state index >= 15 is 0 Å². The maximum Gasteiger partial charge on any atom is 0.147 e. The van der Waals surface area contributed by atoms with E-state index in [1.807, 2.05) is 48.3 Å². The summed E-state index contributed by atoms with van der Waals surface area (Å²) in [4.78, 5) is 7.92. The first-order chi connectivity index (χ1) is 9.78. The number of nitrogens with zero attached hydrogens (tertiary/aromatic N) is 3. The summed E-state index contributed by atoms with van der Waals surface area (Å²) in [7, 11) is 1.97. The van der Waals surface area contributed by atoms with Gasteiger partial charge in [0.15, 0.2) is 0 Å². The van der Waals surface area contributed by atoms with Crippen LogP contribution in [0.5, 0.6) is 0 Å². The summed E-state index contributed by atoms with van der Waals surface area (Å²) < 4.78 is 0. The van der Waals surface area contributed by atoms with Crippen molar-refractivity contribution >= 4 is 28.1 Å². The van der Waals surface area contributed by atoms with E-state index in [0.717, 1.165) is 23.3 Å². The Kier molecular flexibility index (Phi) is 3.36. The molecule has 98 valence electrons. The first kappa shape index (κ1) is 12.6. The van der Waals surface area contributed by atoms with Crippen molar-refractivity contribution in [3.8, 4) is 6.07 Å². The third-order valence-electron chi connectivity index (χ3n) is 3.16. The number of benzene rings is 1. The maximum atomic E-state index is 9.34. The number of pyridine rings is 1. The number of aromatic nitrogens is 1. The van der Waals surface area contributed by atoms with E-state index in [1.54, 1.807) is 11.3 Å². The lowest BCUT2D eigenvalue weighted by Crippen LogP contribution is -2.18. The fraction of sp³-hybridized carbons (Fsp3) is 0.125. The minimum atomic E-state index is 0.614. The van der Waals surface area contributed by atoms with Crippen molar-refractivity contribution in [3.63, 3.8) is 0 Å². The van der Waals surface area contributed by atoms with Gasteiger partial charge < -0.3 is 4.90 Å². The predicted octanol–water partition coefficient (Wildman–Crippen LogP) is 3.80. The van der Waals surface area contributed by atoms with Crippen LogP contribution in [0.25, 0.3) is 10.9 Å². The summed E-state index contributed by atoms with van der Waals surface area (Å²) in [6.45, 7) is 0.762. The number of anilines is 1. The molecule has 1 aromatic carbocycles. The number of nitriles is 1. The minimum Gasteiger partial charge on any atom is -0.353 e. The van der Waals surface area contributed by atoms with Crippen molar-refractivity contribution in [1.29, 1.82) is 5.26 Å². The van der Waals surface area contributed by atoms with Crippen molar-refractivity contribution in [1.82, 2.24) is 4.98 Å². The lowest BCUT2D eigenvalue weighted by molar-refractivity contribution is 0.915. The fourth-order valence-electron chi connectivity index (χ4n) is 2.19. The molecule has 0 aliphatic rings. The predicted molar refractivity (Wildman–Crippen MR) is 82.9 cm³/mol. The summed E-state index contributed by atoms with van der Waals surface area (Å²) in [5, 5.41) is 12.4. The number of hydrogen-bond donors (Lipinski definition) is 0. The number of fused-ring (bicyclic) bond motifs is 1. The standard InChI is InChI=1S/C16H13N3S/c1-19(11-14-6-4-8-20-14)16-13(10-17)9-12-5-2-3-7-15(12)18-16/h2-9H,11H2,1H3. The van der Waals surface area contributed by atoms with Gasteiger partial charge in [-0.1, -0.05) is 24.3 Å². The van der Waals surface area contributed by atoms with Gasteiger partial charge in [-0.2, -0.15) is 5.26 Å². The lowest BCUT2D eigenvalue weighted by Gasteiger charge is -2.19. The molecule has 0 atom stereocenters. The highest BCUT2D eigenvalue weighted by Crippen LogP contribution is 2.24. The molecule has 0 aliphatic heterocycles. The second kappa shape index (κ2) is 5.32. The third-order valence-corrected chi connectivity index (χ3v) is 4.02. The molecule has 0 spiro atoms. The monoisotopic (exact) mass is 279 g/mol. The van der Waals surface area contributed by atoms with Gasteiger partial charge in [0.05, 0.1) is 17.6 Å². The van der Waals surface area contributed by atoms with Gasteiger partial charge in [-0.3, -0.25) is 0 Å². The van der Waals surface area contributed by atoms with Crippen LogP contribution in [0, 0.1) is 11.3 Å². The highest BCUT2D eigenvalue weighted by atomic mass is 32.1. The Balaban J connectivity index is 2.03. The molecule has 20 heavy (non-hydrogen) atoms. The molecule has 0 aliphatic carbocycles. The second-order valence-corrected chi connectivity index (χ2v) is 5.63. The van der Waals surface area contributed by atoms with Crippen LogP contribution in [0.3, 0.4) is 0 Å². The topological polar surface area (TPSA) is 39.9 Å². The highest BCUT2D eigenvalue weighted by molar-refractivity contribution is 7.09. The molecule has 0 bridgehead atoms. The molecule has 2 heterocycles. The summed E-state index contributed by atoms with van der Waals surface area (Å²) >= 11 is 1.71. The molecule has 0 amide bonds. The summed E-state index contributed by atoms with van der Waals surface area (Å²) in [6, 6.07) is 16.1. The van der Waals surface area contributed by atoms with Crippen LogP contribution in [-0.2, 0) is 6.54 Å². The van der Waals surface area contributed by atoms with Gasteiger partial charge in [0.25, 0.3) is 0 Å². The molecule has 0 saturated carbocycles. The Morgan fingerprint density at radius 1 is 1.25 bits per heavy atom. The first-order valence-electron chi connectivity index (χ1n) is 6.31. The fourth-order valence-corrected chi connectivity index (χ4v) is 2.95. The van der Waals surface area contributed by atoms with Gasteiger partial charge in [0.2, 0.25) is 0 Å². The lowest BCUT2D eigenvalue weighted by atomic mass is 10.1. The average molecular weight is 279 g/mol. The Bertz CT molecular complexity index is 772. The van der Waals surface area contributed by atoms with Gasteiger partial charge in [-0.25, -0.2) is 4.98 Å². The summed E-state index contributed by atoms with van der Waals surface area (Å²) in [5.41, 5.74) is 1.53. The van der Waals surface area contributed by atoms with Crippen LogP contribution in [0.4, 0.5) is 5.82 Å². The van der Waals surface area contributed by atoms with Gasteiger partial charge >= 0.3 is 0 Å². The van der Waals surface area contributed by atoms with Crippen molar-refractivity contribution in [2.75, 3.05) is 11.9 Å².